The largest absolute Gasteiger partial charge is 0.392 e. The molecular formula is C11H18O3. The van der Waals surface area contributed by atoms with E-state index in [1.165, 1.54) is 6.92 Å². The number of carbonyl (C=O) groups is 2. The van der Waals surface area contributed by atoms with Crippen LogP contribution < -0.4 is 0 Å². The Bertz CT molecular complexity index is 247. The van der Waals surface area contributed by atoms with Crippen molar-refractivity contribution in [2.45, 2.75) is 52.1 Å². The fourth-order valence-electron chi connectivity index (χ4n) is 1.99. The molecule has 1 rings (SSSR count). The molecule has 1 N–H and O–H groups in total. The van der Waals surface area contributed by atoms with Crippen LogP contribution in [-0.4, -0.2) is 22.8 Å². The number of carbonyl (C=O) groups excluding carboxylic acids is 2. The van der Waals surface area contributed by atoms with Crippen LogP contribution in [0.2, 0.25) is 0 Å². The van der Waals surface area contributed by atoms with Gasteiger partial charge in [-0.15, -0.1) is 0 Å². The molecule has 3 heteroatoms. The van der Waals surface area contributed by atoms with Crippen molar-refractivity contribution >= 4 is 11.6 Å². The number of hydrogen-bond acceptors (Lipinski definition) is 3. The highest BCUT2D eigenvalue weighted by Crippen LogP contribution is 2.37. The third kappa shape index (κ3) is 2.21. The van der Waals surface area contributed by atoms with Gasteiger partial charge >= 0.3 is 0 Å². The maximum Gasteiger partial charge on any atom is 0.141 e. The lowest BCUT2D eigenvalue weighted by Gasteiger charge is -2.36. The summed E-state index contributed by atoms with van der Waals surface area (Å²) in [5.74, 6) is 0.189. The first-order valence-corrected chi connectivity index (χ1v) is 5.17. The van der Waals surface area contributed by atoms with Crippen molar-refractivity contribution in [3.8, 4) is 0 Å². The fraction of sp³-hybridized carbons (Fsp3) is 0.818. The average molecular weight is 198 g/mol. The first kappa shape index (κ1) is 11.4. The minimum atomic E-state index is -0.677. The number of aliphatic hydroxyl groups is 1. The van der Waals surface area contributed by atoms with Crippen LogP contribution >= 0.6 is 0 Å². The standard InChI is InChI=1S/C11H18O3/c1-8(12)6-7-11(2)9(13)4-3-5-10(11)14/h9,13H,3-7H2,1-2H3/t9-,11?/m1/s1. The number of hydrogen-bond donors (Lipinski definition) is 1. The van der Waals surface area contributed by atoms with Gasteiger partial charge in [-0.2, -0.15) is 0 Å². The molecule has 0 heterocycles. The monoisotopic (exact) mass is 198 g/mol. The molecule has 1 aliphatic carbocycles. The van der Waals surface area contributed by atoms with Crippen LogP contribution in [0.25, 0.3) is 0 Å². The van der Waals surface area contributed by atoms with Gasteiger partial charge in [-0.3, -0.25) is 4.79 Å². The van der Waals surface area contributed by atoms with E-state index in [9.17, 15) is 14.7 Å². The minimum Gasteiger partial charge on any atom is -0.392 e. The summed E-state index contributed by atoms with van der Waals surface area (Å²) in [5, 5.41) is 9.78. The highest BCUT2D eigenvalue weighted by atomic mass is 16.3. The molecule has 0 aliphatic heterocycles. The molecule has 0 aromatic heterocycles. The topological polar surface area (TPSA) is 54.4 Å². The molecule has 3 nitrogen and oxygen atoms in total. The second-order valence-electron chi connectivity index (χ2n) is 4.45. The molecular weight excluding hydrogens is 180 g/mol. The van der Waals surface area contributed by atoms with E-state index in [1.807, 2.05) is 0 Å². The van der Waals surface area contributed by atoms with Crippen LogP contribution in [-0.2, 0) is 9.59 Å². The Kier molecular flexibility index (Phi) is 3.43. The molecule has 0 aromatic rings. The highest BCUT2D eigenvalue weighted by Gasteiger charge is 2.42. The van der Waals surface area contributed by atoms with Crippen molar-refractivity contribution in [2.24, 2.45) is 5.41 Å². The Labute approximate surface area is 84.5 Å². The summed E-state index contributed by atoms with van der Waals surface area (Å²) in [6, 6.07) is 0. The third-order valence-electron chi connectivity index (χ3n) is 3.25. The average Bonchev–Trinajstić information content (AvgIpc) is 2.11. The molecule has 0 spiro atoms. The van der Waals surface area contributed by atoms with Crippen LogP contribution in [0.4, 0.5) is 0 Å². The van der Waals surface area contributed by atoms with E-state index < -0.39 is 11.5 Å². The Morgan fingerprint density at radius 3 is 2.79 bits per heavy atom. The molecule has 0 bridgehead atoms. The van der Waals surface area contributed by atoms with Crippen molar-refractivity contribution in [3.63, 3.8) is 0 Å². The second-order valence-corrected chi connectivity index (χ2v) is 4.45. The summed E-state index contributed by atoms with van der Waals surface area (Å²) < 4.78 is 0. The van der Waals surface area contributed by atoms with E-state index in [2.05, 4.69) is 0 Å². The zero-order chi connectivity index (χ0) is 10.8. The lowest BCUT2D eigenvalue weighted by molar-refractivity contribution is -0.139. The zero-order valence-corrected chi connectivity index (χ0v) is 8.88. The summed E-state index contributed by atoms with van der Waals surface area (Å²) >= 11 is 0. The van der Waals surface area contributed by atoms with Gasteiger partial charge in [0.15, 0.2) is 0 Å². The molecule has 1 unspecified atom stereocenters. The molecule has 1 aliphatic rings. The van der Waals surface area contributed by atoms with Gasteiger partial charge in [-0.05, 0) is 26.2 Å². The van der Waals surface area contributed by atoms with E-state index in [4.69, 9.17) is 0 Å². The van der Waals surface area contributed by atoms with Gasteiger partial charge in [0.1, 0.15) is 11.6 Å². The second kappa shape index (κ2) is 4.22. The maximum atomic E-state index is 11.7. The lowest BCUT2D eigenvalue weighted by atomic mass is 9.69. The van der Waals surface area contributed by atoms with Gasteiger partial charge < -0.3 is 9.90 Å². The van der Waals surface area contributed by atoms with Gasteiger partial charge in [-0.1, -0.05) is 6.92 Å². The summed E-state index contributed by atoms with van der Waals surface area (Å²) in [6.07, 6.45) is 2.31. The van der Waals surface area contributed by atoms with Crippen molar-refractivity contribution in [1.82, 2.24) is 0 Å². The van der Waals surface area contributed by atoms with Gasteiger partial charge in [0.05, 0.1) is 11.5 Å². The van der Waals surface area contributed by atoms with E-state index in [1.54, 1.807) is 6.92 Å². The van der Waals surface area contributed by atoms with Crippen molar-refractivity contribution in [1.29, 1.82) is 0 Å². The van der Waals surface area contributed by atoms with Crippen molar-refractivity contribution in [2.75, 3.05) is 0 Å². The zero-order valence-electron chi connectivity index (χ0n) is 8.88. The van der Waals surface area contributed by atoms with Gasteiger partial charge in [0, 0.05) is 12.8 Å². The SMILES string of the molecule is CC(=O)CCC1(C)C(=O)CCC[C@H]1O. The Hall–Kier alpha value is -0.700. The van der Waals surface area contributed by atoms with Crippen LogP contribution in [0.3, 0.4) is 0 Å². The molecule has 14 heavy (non-hydrogen) atoms. The quantitative estimate of drug-likeness (QED) is 0.747. The van der Waals surface area contributed by atoms with Crippen molar-refractivity contribution < 1.29 is 14.7 Å². The number of aliphatic hydroxyl groups excluding tert-OH is 1. The molecule has 1 saturated carbocycles. The van der Waals surface area contributed by atoms with E-state index in [-0.39, 0.29) is 11.6 Å². The molecule has 1 fully saturated rings. The summed E-state index contributed by atoms with van der Waals surface area (Å²) in [6.45, 7) is 3.30. The first-order valence-electron chi connectivity index (χ1n) is 5.17. The van der Waals surface area contributed by atoms with Crippen LogP contribution in [0, 0.1) is 5.41 Å². The van der Waals surface area contributed by atoms with Crippen LogP contribution in [0.1, 0.15) is 46.0 Å². The van der Waals surface area contributed by atoms with Gasteiger partial charge in [0.25, 0.3) is 0 Å². The van der Waals surface area contributed by atoms with Gasteiger partial charge in [0.2, 0.25) is 0 Å². The summed E-state index contributed by atoms with van der Waals surface area (Å²) in [7, 11) is 0. The molecule has 0 amide bonds. The molecule has 0 aromatic carbocycles. The van der Waals surface area contributed by atoms with Crippen LogP contribution in [0.5, 0.6) is 0 Å². The smallest absolute Gasteiger partial charge is 0.141 e. The highest BCUT2D eigenvalue weighted by molar-refractivity contribution is 5.86. The lowest BCUT2D eigenvalue weighted by Crippen LogP contribution is -2.43. The van der Waals surface area contributed by atoms with E-state index in [0.717, 1.165) is 6.42 Å². The molecule has 2 atom stereocenters. The number of Topliss-reactive ketones (excluding diaryl/α,β-unsaturated/α-hetero) is 2. The van der Waals surface area contributed by atoms with E-state index >= 15 is 0 Å². The first-order chi connectivity index (χ1) is 6.47. The van der Waals surface area contributed by atoms with Gasteiger partial charge in [-0.25, -0.2) is 0 Å². The summed E-state index contributed by atoms with van der Waals surface area (Å²) in [5.41, 5.74) is -0.677. The summed E-state index contributed by atoms with van der Waals surface area (Å²) in [4.78, 5) is 22.5. The normalized spacial score (nSPS) is 33.1. The fourth-order valence-corrected chi connectivity index (χ4v) is 1.99. The maximum absolute atomic E-state index is 11.7. The minimum absolute atomic E-state index is 0.0804. The van der Waals surface area contributed by atoms with Crippen LogP contribution in [0.15, 0.2) is 0 Å². The Morgan fingerprint density at radius 2 is 2.29 bits per heavy atom. The van der Waals surface area contributed by atoms with E-state index in [0.29, 0.717) is 25.7 Å². The Morgan fingerprint density at radius 1 is 1.64 bits per heavy atom. The molecule has 0 saturated heterocycles. The van der Waals surface area contributed by atoms with Crippen molar-refractivity contribution in [3.05, 3.63) is 0 Å². The number of rotatable bonds is 3. The third-order valence-corrected chi connectivity index (χ3v) is 3.25. The Balaban J connectivity index is 2.67. The molecule has 80 valence electrons. The predicted molar refractivity (Wildman–Crippen MR) is 52.9 cm³/mol. The predicted octanol–water partition coefficient (Wildman–Crippen LogP) is 1.48. The number of ketones is 2. The molecule has 0 radical (unpaired) electrons.